The Balaban J connectivity index is 1.66. The van der Waals surface area contributed by atoms with Crippen molar-refractivity contribution in [1.29, 1.82) is 0 Å². The Morgan fingerprint density at radius 1 is 1.22 bits per heavy atom. The van der Waals surface area contributed by atoms with Crippen LogP contribution in [0.4, 0.5) is 0 Å². The van der Waals surface area contributed by atoms with Crippen LogP contribution in [0.3, 0.4) is 0 Å². The van der Waals surface area contributed by atoms with E-state index in [1.165, 1.54) is 0 Å². The quantitative estimate of drug-likeness (QED) is 0.464. The molecule has 0 bridgehead atoms. The number of halogens is 1. The minimum Gasteiger partial charge on any atom is -0.494 e. The first-order valence-corrected chi connectivity index (χ1v) is 9.18. The molecule has 0 radical (unpaired) electrons. The molecule has 0 aliphatic rings. The number of ether oxygens (including phenoxy) is 1. The number of nitrogens with zero attached hydrogens (tertiary/aromatic N) is 2. The van der Waals surface area contributed by atoms with Gasteiger partial charge in [0.25, 0.3) is 0 Å². The molecular weight excluding hydrogens is 362 g/mol. The van der Waals surface area contributed by atoms with Gasteiger partial charge in [0.2, 0.25) is 5.91 Å². The predicted octanol–water partition coefficient (Wildman–Crippen LogP) is 4.35. The molecule has 5 nitrogen and oxygen atoms in total. The lowest BCUT2D eigenvalue weighted by atomic mass is 10.3. The molecule has 2 aromatic carbocycles. The van der Waals surface area contributed by atoms with Gasteiger partial charge in [-0.25, -0.2) is 4.98 Å². The van der Waals surface area contributed by atoms with Crippen LogP contribution in [0.1, 0.15) is 19.2 Å². The maximum atomic E-state index is 11.8. The summed E-state index contributed by atoms with van der Waals surface area (Å²) in [5.74, 6) is 1.45. The molecule has 0 spiro atoms. The maximum Gasteiger partial charge on any atom is 0.246 e. The highest BCUT2D eigenvalue weighted by Crippen LogP contribution is 2.18. The van der Waals surface area contributed by atoms with E-state index in [0.717, 1.165) is 35.6 Å². The average molecular weight is 384 g/mol. The normalized spacial score (nSPS) is 10.7. The molecule has 0 aliphatic heterocycles. The average Bonchev–Trinajstić information content (AvgIpc) is 3.02. The summed E-state index contributed by atoms with van der Waals surface area (Å²) >= 11 is 5.88. The van der Waals surface area contributed by atoms with Gasteiger partial charge in [0.05, 0.1) is 24.2 Å². The fourth-order valence-corrected chi connectivity index (χ4v) is 2.89. The van der Waals surface area contributed by atoms with Gasteiger partial charge in [-0.05, 0) is 49.7 Å². The van der Waals surface area contributed by atoms with E-state index < -0.39 is 0 Å². The first kappa shape index (κ1) is 19.0. The van der Waals surface area contributed by atoms with Crippen LogP contribution in [0.25, 0.3) is 11.0 Å². The van der Waals surface area contributed by atoms with Gasteiger partial charge < -0.3 is 14.6 Å². The predicted molar refractivity (Wildman–Crippen MR) is 108 cm³/mol. The van der Waals surface area contributed by atoms with Gasteiger partial charge in [-0.3, -0.25) is 4.79 Å². The molecule has 0 fully saturated rings. The van der Waals surface area contributed by atoms with Crippen molar-refractivity contribution >= 4 is 28.5 Å². The van der Waals surface area contributed by atoms with E-state index in [2.05, 4.69) is 21.4 Å². The van der Waals surface area contributed by atoms with E-state index in [0.29, 0.717) is 23.7 Å². The number of nitrogens with one attached hydrogen (secondary N) is 1. The lowest BCUT2D eigenvalue weighted by Crippen LogP contribution is -2.25. The Morgan fingerprint density at radius 3 is 2.70 bits per heavy atom. The molecule has 1 aromatic heterocycles. The van der Waals surface area contributed by atoms with Crippen molar-refractivity contribution in [3.8, 4) is 5.75 Å². The Labute approximate surface area is 163 Å². The highest BCUT2D eigenvalue weighted by Gasteiger charge is 2.11. The molecule has 6 heteroatoms. The summed E-state index contributed by atoms with van der Waals surface area (Å²) in [6, 6.07) is 15.3. The van der Waals surface area contributed by atoms with Gasteiger partial charge in [-0.15, -0.1) is 0 Å². The number of fused-ring (bicyclic) bond motifs is 1. The standard InChI is InChI=1S/C21H22ClN3O2/c1-15(2)21(26)23-14-20-24-18-6-3-4-7-19(18)25(20)12-5-13-27-17-10-8-16(22)9-11-17/h3-4,6-11H,1,5,12-14H2,2H3,(H,23,26). The molecule has 3 rings (SSSR count). The molecule has 1 N–H and O–H groups in total. The van der Waals surface area contributed by atoms with Crippen molar-refractivity contribution in [3.63, 3.8) is 0 Å². The number of hydrogen-bond acceptors (Lipinski definition) is 3. The molecule has 0 aliphatic carbocycles. The molecular formula is C21H22ClN3O2. The van der Waals surface area contributed by atoms with Gasteiger partial charge in [0.1, 0.15) is 11.6 Å². The van der Waals surface area contributed by atoms with E-state index in [4.69, 9.17) is 16.3 Å². The lowest BCUT2D eigenvalue weighted by molar-refractivity contribution is -0.117. The van der Waals surface area contributed by atoms with E-state index in [1.54, 1.807) is 6.92 Å². The first-order valence-electron chi connectivity index (χ1n) is 8.81. The summed E-state index contributed by atoms with van der Waals surface area (Å²) in [7, 11) is 0. The number of carbonyl (C=O) groups is 1. The Morgan fingerprint density at radius 2 is 1.96 bits per heavy atom. The van der Waals surface area contributed by atoms with Crippen LogP contribution in [-0.4, -0.2) is 22.1 Å². The number of benzene rings is 2. The van der Waals surface area contributed by atoms with Gasteiger partial charge in [0, 0.05) is 17.1 Å². The topological polar surface area (TPSA) is 56.2 Å². The molecule has 0 saturated heterocycles. The second-order valence-corrected chi connectivity index (χ2v) is 6.72. The van der Waals surface area contributed by atoms with Gasteiger partial charge in [-0.1, -0.05) is 30.3 Å². The zero-order valence-corrected chi connectivity index (χ0v) is 16.0. The maximum absolute atomic E-state index is 11.8. The number of aryl methyl sites for hydroxylation is 1. The zero-order chi connectivity index (χ0) is 19.2. The van der Waals surface area contributed by atoms with Crippen molar-refractivity contribution in [2.45, 2.75) is 26.4 Å². The van der Waals surface area contributed by atoms with Crippen molar-refractivity contribution < 1.29 is 9.53 Å². The monoisotopic (exact) mass is 383 g/mol. The van der Waals surface area contributed by atoms with E-state index in [9.17, 15) is 4.79 Å². The number of amides is 1. The Hall–Kier alpha value is -2.79. The van der Waals surface area contributed by atoms with Crippen molar-refractivity contribution in [3.05, 3.63) is 71.5 Å². The zero-order valence-electron chi connectivity index (χ0n) is 15.2. The fraction of sp³-hybridized carbons (Fsp3) is 0.238. The highest BCUT2D eigenvalue weighted by atomic mass is 35.5. The second-order valence-electron chi connectivity index (χ2n) is 6.29. The van der Waals surface area contributed by atoms with Crippen molar-refractivity contribution in [2.24, 2.45) is 0 Å². The minimum atomic E-state index is -0.167. The third kappa shape index (κ3) is 4.89. The lowest BCUT2D eigenvalue weighted by Gasteiger charge is -2.11. The van der Waals surface area contributed by atoms with Crippen LogP contribution in [0.5, 0.6) is 5.75 Å². The number of rotatable bonds is 8. The van der Waals surface area contributed by atoms with E-state index in [1.807, 2.05) is 48.5 Å². The molecule has 27 heavy (non-hydrogen) atoms. The van der Waals surface area contributed by atoms with Crippen LogP contribution < -0.4 is 10.1 Å². The third-order valence-electron chi connectivity index (χ3n) is 4.14. The molecule has 0 atom stereocenters. The molecule has 1 amide bonds. The van der Waals surface area contributed by atoms with Crippen LogP contribution in [0.2, 0.25) is 5.02 Å². The molecule has 0 unspecified atom stereocenters. The Kier molecular flexibility index (Phi) is 6.14. The number of para-hydroxylation sites is 2. The SMILES string of the molecule is C=C(C)C(=O)NCc1nc2ccccc2n1CCCOc1ccc(Cl)cc1. The fourth-order valence-electron chi connectivity index (χ4n) is 2.76. The summed E-state index contributed by atoms with van der Waals surface area (Å²) in [5, 5.41) is 3.54. The number of hydrogen-bond donors (Lipinski definition) is 1. The third-order valence-corrected chi connectivity index (χ3v) is 4.39. The largest absolute Gasteiger partial charge is 0.494 e. The van der Waals surface area contributed by atoms with Gasteiger partial charge in [0.15, 0.2) is 0 Å². The van der Waals surface area contributed by atoms with Crippen LogP contribution in [0.15, 0.2) is 60.7 Å². The van der Waals surface area contributed by atoms with Crippen LogP contribution in [-0.2, 0) is 17.9 Å². The van der Waals surface area contributed by atoms with Crippen molar-refractivity contribution in [1.82, 2.24) is 14.9 Å². The summed E-state index contributed by atoms with van der Waals surface area (Å²) in [4.78, 5) is 16.5. The van der Waals surface area contributed by atoms with Gasteiger partial charge in [-0.2, -0.15) is 0 Å². The van der Waals surface area contributed by atoms with E-state index >= 15 is 0 Å². The molecule has 1 heterocycles. The number of aromatic nitrogens is 2. The van der Waals surface area contributed by atoms with Crippen molar-refractivity contribution in [2.75, 3.05) is 6.61 Å². The number of imidazole rings is 1. The molecule has 140 valence electrons. The second kappa shape index (κ2) is 8.73. The Bertz CT molecular complexity index is 948. The van der Waals surface area contributed by atoms with Gasteiger partial charge >= 0.3 is 0 Å². The summed E-state index contributed by atoms with van der Waals surface area (Å²) in [5.41, 5.74) is 2.44. The van der Waals surface area contributed by atoms with E-state index in [-0.39, 0.29) is 5.91 Å². The molecule has 3 aromatic rings. The molecule has 0 saturated carbocycles. The smallest absolute Gasteiger partial charge is 0.246 e. The number of carbonyl (C=O) groups excluding carboxylic acids is 1. The van der Waals surface area contributed by atoms with Crippen LogP contribution in [0, 0.1) is 0 Å². The van der Waals surface area contributed by atoms with Crippen LogP contribution >= 0.6 is 11.6 Å². The minimum absolute atomic E-state index is 0.167. The summed E-state index contributed by atoms with van der Waals surface area (Å²) in [6.07, 6.45) is 0.810. The summed E-state index contributed by atoms with van der Waals surface area (Å²) in [6.45, 7) is 7.03. The highest BCUT2D eigenvalue weighted by molar-refractivity contribution is 6.30. The first-order chi connectivity index (χ1) is 13.0. The summed E-state index contributed by atoms with van der Waals surface area (Å²) < 4.78 is 7.89.